The van der Waals surface area contributed by atoms with Gasteiger partial charge in [0.1, 0.15) is 11.6 Å². The van der Waals surface area contributed by atoms with E-state index in [-0.39, 0.29) is 23.8 Å². The molecule has 128 valence electrons. The standard InChI is InChI=1S/C18H23FN4O/c1-10-16(19)5-4-13-8-15(11(2)20)18(22-17(10)13)23-7-6-14(9-23)21-12(3)24/h4-5,8,11,14H,6-7,9,20H2,1-3H3,(H,21,24)/t11-,14?/m0/s1. The van der Waals surface area contributed by atoms with E-state index in [0.717, 1.165) is 29.7 Å². The molecular weight excluding hydrogens is 307 g/mol. The van der Waals surface area contributed by atoms with Crippen LogP contribution in [0.2, 0.25) is 0 Å². The second-order valence-electron chi connectivity index (χ2n) is 6.57. The van der Waals surface area contributed by atoms with Crippen molar-refractivity contribution in [3.8, 4) is 0 Å². The van der Waals surface area contributed by atoms with Crippen molar-refractivity contribution in [2.75, 3.05) is 18.0 Å². The van der Waals surface area contributed by atoms with Crippen LogP contribution in [0.15, 0.2) is 18.2 Å². The summed E-state index contributed by atoms with van der Waals surface area (Å²) in [7, 11) is 0. The zero-order valence-electron chi connectivity index (χ0n) is 14.3. The first kappa shape index (κ1) is 16.6. The van der Waals surface area contributed by atoms with Crippen molar-refractivity contribution in [1.29, 1.82) is 0 Å². The first-order chi connectivity index (χ1) is 11.4. The lowest BCUT2D eigenvalue weighted by Gasteiger charge is -2.23. The summed E-state index contributed by atoms with van der Waals surface area (Å²) in [5.74, 6) is 0.504. The van der Waals surface area contributed by atoms with E-state index >= 15 is 0 Å². The van der Waals surface area contributed by atoms with E-state index in [2.05, 4.69) is 10.2 Å². The van der Waals surface area contributed by atoms with Crippen LogP contribution < -0.4 is 16.0 Å². The number of amides is 1. The highest BCUT2D eigenvalue weighted by atomic mass is 19.1. The molecule has 1 aliphatic rings. The number of carbonyl (C=O) groups is 1. The summed E-state index contributed by atoms with van der Waals surface area (Å²) in [6, 6.07) is 5.13. The normalized spacial score (nSPS) is 18.9. The van der Waals surface area contributed by atoms with Gasteiger partial charge in [-0.1, -0.05) is 0 Å². The Bertz CT molecular complexity index is 790. The number of nitrogens with two attached hydrogens (primary N) is 1. The minimum absolute atomic E-state index is 0.0290. The number of nitrogens with one attached hydrogen (secondary N) is 1. The Hall–Kier alpha value is -2.21. The molecular formula is C18H23FN4O. The molecule has 0 radical (unpaired) electrons. The Balaban J connectivity index is 2.04. The summed E-state index contributed by atoms with van der Waals surface area (Å²) in [4.78, 5) is 18.1. The monoisotopic (exact) mass is 330 g/mol. The second kappa shape index (κ2) is 6.36. The Morgan fingerprint density at radius 1 is 1.50 bits per heavy atom. The minimum atomic E-state index is -0.257. The maximum atomic E-state index is 13.9. The van der Waals surface area contributed by atoms with Crippen LogP contribution in [0.4, 0.5) is 10.2 Å². The lowest BCUT2D eigenvalue weighted by atomic mass is 10.0. The Labute approximate surface area is 141 Å². The van der Waals surface area contributed by atoms with Gasteiger partial charge in [-0.05, 0) is 38.5 Å². The quantitative estimate of drug-likeness (QED) is 0.907. The van der Waals surface area contributed by atoms with Crippen LogP contribution in [0.5, 0.6) is 0 Å². The molecule has 0 saturated carbocycles. The van der Waals surface area contributed by atoms with Crippen LogP contribution in [-0.4, -0.2) is 30.0 Å². The summed E-state index contributed by atoms with van der Waals surface area (Å²) < 4.78 is 13.9. The predicted molar refractivity (Wildman–Crippen MR) is 93.5 cm³/mol. The molecule has 2 heterocycles. The lowest BCUT2D eigenvalue weighted by molar-refractivity contribution is -0.119. The average Bonchev–Trinajstić information content (AvgIpc) is 2.97. The van der Waals surface area contributed by atoms with Crippen molar-refractivity contribution in [2.24, 2.45) is 5.73 Å². The fourth-order valence-electron chi connectivity index (χ4n) is 3.31. The summed E-state index contributed by atoms with van der Waals surface area (Å²) in [5.41, 5.74) is 8.30. The van der Waals surface area contributed by atoms with E-state index in [9.17, 15) is 9.18 Å². The number of benzene rings is 1. The molecule has 0 spiro atoms. The van der Waals surface area contributed by atoms with Gasteiger partial charge in [0, 0.05) is 48.6 Å². The van der Waals surface area contributed by atoms with Crippen LogP contribution in [0.3, 0.4) is 0 Å². The van der Waals surface area contributed by atoms with Crippen molar-refractivity contribution in [3.63, 3.8) is 0 Å². The molecule has 0 aliphatic carbocycles. The van der Waals surface area contributed by atoms with Crippen molar-refractivity contribution in [2.45, 2.75) is 39.3 Å². The topological polar surface area (TPSA) is 71.2 Å². The molecule has 1 aromatic carbocycles. The predicted octanol–water partition coefficient (Wildman–Crippen LogP) is 2.42. The molecule has 1 unspecified atom stereocenters. The number of carbonyl (C=O) groups excluding carboxylic acids is 1. The average molecular weight is 330 g/mol. The van der Waals surface area contributed by atoms with Crippen molar-refractivity contribution < 1.29 is 9.18 Å². The van der Waals surface area contributed by atoms with E-state index in [1.165, 1.54) is 13.0 Å². The fraction of sp³-hybridized carbons (Fsp3) is 0.444. The van der Waals surface area contributed by atoms with Crippen molar-refractivity contribution in [1.82, 2.24) is 10.3 Å². The smallest absolute Gasteiger partial charge is 0.217 e. The molecule has 3 rings (SSSR count). The molecule has 1 fully saturated rings. The van der Waals surface area contributed by atoms with Crippen molar-refractivity contribution in [3.05, 3.63) is 35.1 Å². The van der Waals surface area contributed by atoms with Gasteiger partial charge in [-0.15, -0.1) is 0 Å². The Kier molecular flexibility index (Phi) is 4.41. The summed E-state index contributed by atoms with van der Waals surface area (Å²) >= 11 is 0. The van der Waals surface area contributed by atoms with Gasteiger partial charge < -0.3 is 16.0 Å². The number of aryl methyl sites for hydroxylation is 1. The van der Waals surface area contributed by atoms with Gasteiger partial charge in [0.2, 0.25) is 5.91 Å². The number of aromatic nitrogens is 1. The Morgan fingerprint density at radius 3 is 2.92 bits per heavy atom. The van der Waals surface area contributed by atoms with Crippen LogP contribution in [0, 0.1) is 12.7 Å². The van der Waals surface area contributed by atoms with Gasteiger partial charge in [0.25, 0.3) is 0 Å². The number of pyridine rings is 1. The Morgan fingerprint density at radius 2 is 2.25 bits per heavy atom. The molecule has 1 saturated heterocycles. The van der Waals surface area contributed by atoms with E-state index in [4.69, 9.17) is 10.7 Å². The molecule has 2 aromatic rings. The maximum Gasteiger partial charge on any atom is 0.217 e. The largest absolute Gasteiger partial charge is 0.354 e. The molecule has 2 atom stereocenters. The highest BCUT2D eigenvalue weighted by Gasteiger charge is 2.27. The molecule has 0 bridgehead atoms. The molecule has 6 heteroatoms. The molecule has 1 amide bonds. The van der Waals surface area contributed by atoms with E-state index in [1.54, 1.807) is 13.0 Å². The zero-order valence-corrected chi connectivity index (χ0v) is 14.3. The second-order valence-corrected chi connectivity index (χ2v) is 6.57. The number of anilines is 1. The molecule has 1 aliphatic heterocycles. The number of halogens is 1. The zero-order chi connectivity index (χ0) is 17.4. The van der Waals surface area contributed by atoms with Gasteiger partial charge in [0.15, 0.2) is 0 Å². The SMILES string of the molecule is CC(=O)NC1CCN(c2nc3c(C)c(F)ccc3cc2[C@H](C)N)C1. The van der Waals surface area contributed by atoms with Gasteiger partial charge in [0.05, 0.1) is 5.52 Å². The summed E-state index contributed by atoms with van der Waals surface area (Å²) in [6.45, 7) is 6.66. The molecule has 5 nitrogen and oxygen atoms in total. The highest BCUT2D eigenvalue weighted by Crippen LogP contribution is 2.31. The number of fused-ring (bicyclic) bond motifs is 1. The third kappa shape index (κ3) is 3.06. The third-order valence-electron chi connectivity index (χ3n) is 4.57. The third-order valence-corrected chi connectivity index (χ3v) is 4.57. The van der Waals surface area contributed by atoms with Gasteiger partial charge in [-0.2, -0.15) is 0 Å². The first-order valence-corrected chi connectivity index (χ1v) is 8.24. The lowest BCUT2D eigenvalue weighted by Crippen LogP contribution is -2.36. The molecule has 1 aromatic heterocycles. The maximum absolute atomic E-state index is 13.9. The minimum Gasteiger partial charge on any atom is -0.354 e. The van der Waals surface area contributed by atoms with Crippen LogP contribution in [0.1, 0.15) is 37.4 Å². The van der Waals surface area contributed by atoms with Crippen molar-refractivity contribution >= 4 is 22.6 Å². The number of hydrogen-bond donors (Lipinski definition) is 2. The summed E-state index contributed by atoms with van der Waals surface area (Å²) in [6.07, 6.45) is 0.861. The molecule has 3 N–H and O–H groups in total. The number of rotatable bonds is 3. The van der Waals surface area contributed by atoms with E-state index < -0.39 is 0 Å². The molecule has 24 heavy (non-hydrogen) atoms. The van der Waals surface area contributed by atoms with E-state index in [1.807, 2.05) is 13.0 Å². The van der Waals surface area contributed by atoms with E-state index in [0.29, 0.717) is 17.6 Å². The highest BCUT2D eigenvalue weighted by molar-refractivity contribution is 5.85. The van der Waals surface area contributed by atoms with Crippen LogP contribution in [0.25, 0.3) is 10.9 Å². The van der Waals surface area contributed by atoms with Crippen LogP contribution >= 0.6 is 0 Å². The van der Waals surface area contributed by atoms with Gasteiger partial charge >= 0.3 is 0 Å². The first-order valence-electron chi connectivity index (χ1n) is 8.24. The number of hydrogen-bond acceptors (Lipinski definition) is 4. The number of nitrogens with zero attached hydrogens (tertiary/aromatic N) is 2. The fourth-order valence-corrected chi connectivity index (χ4v) is 3.31. The van der Waals surface area contributed by atoms with Gasteiger partial charge in [-0.3, -0.25) is 4.79 Å². The van der Waals surface area contributed by atoms with Crippen LogP contribution in [-0.2, 0) is 4.79 Å². The summed E-state index contributed by atoms with van der Waals surface area (Å²) in [5, 5.41) is 3.84. The van der Waals surface area contributed by atoms with Gasteiger partial charge in [-0.25, -0.2) is 9.37 Å².